The molecule has 0 aromatic carbocycles. The summed E-state index contributed by atoms with van der Waals surface area (Å²) in [5.41, 5.74) is 1.18. The summed E-state index contributed by atoms with van der Waals surface area (Å²) in [7, 11) is 0. The van der Waals surface area contributed by atoms with Crippen LogP contribution in [0.2, 0.25) is 0 Å². The maximum Gasteiger partial charge on any atom is 0.223 e. The number of likely N-dealkylation sites (tertiary alicyclic amines) is 1. The predicted molar refractivity (Wildman–Crippen MR) is 63.9 cm³/mol. The van der Waals surface area contributed by atoms with Crippen LogP contribution in [0.1, 0.15) is 44.8 Å². The van der Waals surface area contributed by atoms with E-state index in [4.69, 9.17) is 0 Å². The van der Waals surface area contributed by atoms with Crippen LogP contribution in [0.25, 0.3) is 0 Å². The van der Waals surface area contributed by atoms with Gasteiger partial charge in [-0.3, -0.25) is 4.79 Å². The van der Waals surface area contributed by atoms with E-state index in [1.54, 1.807) is 0 Å². The van der Waals surface area contributed by atoms with Crippen molar-refractivity contribution in [1.29, 1.82) is 0 Å². The van der Waals surface area contributed by atoms with Gasteiger partial charge in [0.2, 0.25) is 5.91 Å². The summed E-state index contributed by atoms with van der Waals surface area (Å²) >= 11 is 0. The Kier molecular flexibility index (Phi) is 3.32. The Morgan fingerprint density at radius 1 is 1.62 bits per heavy atom. The lowest BCUT2D eigenvalue weighted by atomic mass is 10.1. The average Bonchev–Trinajstić information content (AvgIpc) is 2.87. The summed E-state index contributed by atoms with van der Waals surface area (Å²) < 4.78 is 0. The standard InChI is InChI=1S/C13H20N2O/c1-10(2)9-13(16)15-8-4-6-12(15)11-5-3-7-14-11/h3,5,7,10,12,14H,4,6,8-9H2,1-2H3. The molecule has 0 aliphatic carbocycles. The van der Waals surface area contributed by atoms with Crippen molar-refractivity contribution in [2.45, 2.75) is 39.2 Å². The Hall–Kier alpha value is -1.25. The van der Waals surface area contributed by atoms with Crippen molar-refractivity contribution in [3.63, 3.8) is 0 Å². The molecule has 3 nitrogen and oxygen atoms in total. The molecule has 88 valence electrons. The number of rotatable bonds is 3. The van der Waals surface area contributed by atoms with E-state index in [1.165, 1.54) is 5.69 Å². The lowest BCUT2D eigenvalue weighted by Crippen LogP contribution is -2.31. The molecule has 1 amide bonds. The fourth-order valence-electron chi connectivity index (χ4n) is 2.41. The van der Waals surface area contributed by atoms with Gasteiger partial charge in [0.25, 0.3) is 0 Å². The molecular formula is C13H20N2O. The number of nitrogens with zero attached hydrogens (tertiary/aromatic N) is 1. The highest BCUT2D eigenvalue weighted by Crippen LogP contribution is 2.31. The Morgan fingerprint density at radius 3 is 3.06 bits per heavy atom. The average molecular weight is 220 g/mol. The molecule has 1 saturated heterocycles. The van der Waals surface area contributed by atoms with E-state index in [0.717, 1.165) is 19.4 Å². The van der Waals surface area contributed by atoms with Gasteiger partial charge in [0.05, 0.1) is 6.04 Å². The lowest BCUT2D eigenvalue weighted by molar-refractivity contribution is -0.132. The number of aromatic amines is 1. The SMILES string of the molecule is CC(C)CC(=O)N1CCCC1c1ccc[nH]1. The van der Waals surface area contributed by atoms with Crippen LogP contribution < -0.4 is 0 Å². The van der Waals surface area contributed by atoms with Gasteiger partial charge in [0.15, 0.2) is 0 Å². The second kappa shape index (κ2) is 4.73. The molecule has 0 bridgehead atoms. The van der Waals surface area contributed by atoms with Crippen LogP contribution in [0.4, 0.5) is 0 Å². The summed E-state index contributed by atoms with van der Waals surface area (Å²) in [4.78, 5) is 17.3. The van der Waals surface area contributed by atoms with Gasteiger partial charge in [-0.15, -0.1) is 0 Å². The minimum atomic E-state index is 0.279. The molecule has 3 heteroatoms. The molecule has 1 atom stereocenters. The van der Waals surface area contributed by atoms with Crippen LogP contribution in [0, 0.1) is 5.92 Å². The van der Waals surface area contributed by atoms with Crippen molar-refractivity contribution >= 4 is 5.91 Å². The number of carbonyl (C=O) groups excluding carboxylic acids is 1. The Morgan fingerprint density at radius 2 is 2.44 bits per heavy atom. The van der Waals surface area contributed by atoms with Crippen LogP contribution in [0.5, 0.6) is 0 Å². The van der Waals surface area contributed by atoms with E-state index in [-0.39, 0.29) is 6.04 Å². The third-order valence-electron chi connectivity index (χ3n) is 3.14. The van der Waals surface area contributed by atoms with Gasteiger partial charge in [0.1, 0.15) is 0 Å². The number of H-pyrrole nitrogens is 1. The van der Waals surface area contributed by atoms with Gasteiger partial charge >= 0.3 is 0 Å². The molecule has 2 heterocycles. The second-order valence-electron chi connectivity index (χ2n) is 4.97. The van der Waals surface area contributed by atoms with Gasteiger partial charge in [-0.2, -0.15) is 0 Å². The number of aromatic nitrogens is 1. The van der Waals surface area contributed by atoms with E-state index in [9.17, 15) is 4.79 Å². The molecule has 1 fully saturated rings. The van der Waals surface area contributed by atoms with Crippen molar-refractivity contribution in [3.05, 3.63) is 24.0 Å². The smallest absolute Gasteiger partial charge is 0.223 e. The van der Waals surface area contributed by atoms with Crippen molar-refractivity contribution in [2.75, 3.05) is 6.54 Å². The molecule has 1 aliphatic rings. The lowest BCUT2D eigenvalue weighted by Gasteiger charge is -2.24. The fraction of sp³-hybridized carbons (Fsp3) is 0.615. The van der Waals surface area contributed by atoms with E-state index in [2.05, 4.69) is 24.9 Å². The van der Waals surface area contributed by atoms with Crippen LogP contribution >= 0.6 is 0 Å². The predicted octanol–water partition coefficient (Wildman–Crippen LogP) is 2.72. The second-order valence-corrected chi connectivity index (χ2v) is 4.97. The first-order chi connectivity index (χ1) is 7.68. The van der Waals surface area contributed by atoms with Crippen molar-refractivity contribution in [2.24, 2.45) is 5.92 Å². The van der Waals surface area contributed by atoms with Gasteiger partial charge in [-0.1, -0.05) is 13.8 Å². The summed E-state index contributed by atoms with van der Waals surface area (Å²) in [6, 6.07) is 4.35. The highest BCUT2D eigenvalue weighted by Gasteiger charge is 2.30. The van der Waals surface area contributed by atoms with Crippen LogP contribution in [-0.2, 0) is 4.79 Å². The molecule has 0 radical (unpaired) electrons. The summed E-state index contributed by atoms with van der Waals surface area (Å²) in [6.07, 6.45) is 4.80. The van der Waals surface area contributed by atoms with E-state index >= 15 is 0 Å². The van der Waals surface area contributed by atoms with Crippen molar-refractivity contribution < 1.29 is 4.79 Å². The molecule has 0 spiro atoms. The van der Waals surface area contributed by atoms with Crippen LogP contribution in [0.15, 0.2) is 18.3 Å². The zero-order valence-corrected chi connectivity index (χ0v) is 10.1. The molecule has 1 aromatic heterocycles. The topological polar surface area (TPSA) is 36.1 Å². The monoisotopic (exact) mass is 220 g/mol. The highest BCUT2D eigenvalue weighted by molar-refractivity contribution is 5.77. The summed E-state index contributed by atoms with van der Waals surface area (Å²) in [5, 5.41) is 0. The van der Waals surface area contributed by atoms with Crippen molar-refractivity contribution in [3.8, 4) is 0 Å². The molecule has 2 rings (SSSR count). The summed E-state index contributed by atoms with van der Waals surface area (Å²) in [6.45, 7) is 5.10. The quantitative estimate of drug-likeness (QED) is 0.835. The minimum absolute atomic E-state index is 0.279. The van der Waals surface area contributed by atoms with Crippen LogP contribution in [0.3, 0.4) is 0 Å². The van der Waals surface area contributed by atoms with E-state index in [1.807, 2.05) is 17.2 Å². The van der Waals surface area contributed by atoms with Crippen LogP contribution in [-0.4, -0.2) is 22.3 Å². The number of carbonyl (C=O) groups is 1. The first kappa shape index (κ1) is 11.2. The largest absolute Gasteiger partial charge is 0.363 e. The molecule has 1 N–H and O–H groups in total. The van der Waals surface area contributed by atoms with Gasteiger partial charge < -0.3 is 9.88 Å². The maximum atomic E-state index is 12.1. The zero-order chi connectivity index (χ0) is 11.5. The Bertz CT molecular complexity index is 343. The number of hydrogen-bond acceptors (Lipinski definition) is 1. The molecule has 1 aromatic rings. The summed E-state index contributed by atoms with van der Waals surface area (Å²) in [5.74, 6) is 0.740. The number of hydrogen-bond donors (Lipinski definition) is 1. The van der Waals surface area contributed by atoms with E-state index in [0.29, 0.717) is 18.2 Å². The van der Waals surface area contributed by atoms with Gasteiger partial charge in [0, 0.05) is 24.9 Å². The van der Waals surface area contributed by atoms with Gasteiger partial charge in [-0.25, -0.2) is 0 Å². The molecule has 1 unspecified atom stereocenters. The van der Waals surface area contributed by atoms with Gasteiger partial charge in [-0.05, 0) is 30.9 Å². The molecule has 1 aliphatic heterocycles. The van der Waals surface area contributed by atoms with E-state index < -0.39 is 0 Å². The molecule has 0 saturated carbocycles. The Balaban J connectivity index is 2.06. The molecule has 16 heavy (non-hydrogen) atoms. The third-order valence-corrected chi connectivity index (χ3v) is 3.14. The highest BCUT2D eigenvalue weighted by atomic mass is 16.2. The van der Waals surface area contributed by atoms with Crippen molar-refractivity contribution in [1.82, 2.24) is 9.88 Å². The first-order valence-electron chi connectivity index (χ1n) is 6.11. The Labute approximate surface area is 96.8 Å². The maximum absolute atomic E-state index is 12.1. The first-order valence-corrected chi connectivity index (χ1v) is 6.11. The number of nitrogens with one attached hydrogen (secondary N) is 1. The fourth-order valence-corrected chi connectivity index (χ4v) is 2.41. The normalized spacial score (nSPS) is 20.7. The molecular weight excluding hydrogens is 200 g/mol. The number of amides is 1. The minimum Gasteiger partial charge on any atom is -0.363 e. The third kappa shape index (κ3) is 2.29. The zero-order valence-electron chi connectivity index (χ0n) is 10.1.